The van der Waals surface area contributed by atoms with E-state index >= 15 is 0 Å². The van der Waals surface area contributed by atoms with Crippen molar-refractivity contribution in [3.05, 3.63) is 101 Å². The molecule has 0 radical (unpaired) electrons. The van der Waals surface area contributed by atoms with Crippen LogP contribution in [0.5, 0.6) is 0 Å². The number of hydrogen-bond acceptors (Lipinski definition) is 3. The van der Waals surface area contributed by atoms with Gasteiger partial charge in [-0.2, -0.15) is 18.2 Å². The number of fused-ring (bicyclic) bond motifs is 1. The zero-order valence-corrected chi connectivity index (χ0v) is 15.2. The largest absolute Gasteiger partial charge is 2.00 e. The van der Waals surface area contributed by atoms with Gasteiger partial charge in [-0.3, -0.25) is 0 Å². The minimum Gasteiger partial charge on any atom is -0.413 e. The van der Waals surface area contributed by atoms with E-state index in [1.165, 1.54) is 4.88 Å². The third kappa shape index (κ3) is 3.97. The van der Waals surface area contributed by atoms with Gasteiger partial charge in [0, 0.05) is 22.2 Å². The second-order valence-corrected chi connectivity index (χ2v) is 6.21. The minimum absolute atomic E-state index is 0. The summed E-state index contributed by atoms with van der Waals surface area (Å²) in [6.07, 6.45) is 8.09. The molecule has 3 aromatic rings. The van der Waals surface area contributed by atoms with E-state index in [2.05, 4.69) is 27.1 Å². The first-order valence-corrected chi connectivity index (χ1v) is 8.57. The van der Waals surface area contributed by atoms with Crippen molar-refractivity contribution in [2.24, 2.45) is 0 Å². The molecule has 3 nitrogen and oxygen atoms in total. The van der Waals surface area contributed by atoms with Crippen LogP contribution in [0.25, 0.3) is 15.9 Å². The number of thiophene rings is 1. The van der Waals surface area contributed by atoms with Gasteiger partial charge in [-0.25, -0.2) is 12.1 Å². The van der Waals surface area contributed by atoms with Crippen LogP contribution < -0.4 is 5.32 Å². The van der Waals surface area contributed by atoms with Crippen molar-refractivity contribution in [1.29, 1.82) is 0 Å². The molecule has 2 aromatic heterocycles. The Hall–Kier alpha value is -2.46. The van der Waals surface area contributed by atoms with Crippen LogP contribution in [0, 0.1) is 0 Å². The Morgan fingerprint density at radius 1 is 1.00 bits per heavy atom. The number of hydrogen-bond donors (Lipinski definition) is 1. The van der Waals surface area contributed by atoms with Crippen LogP contribution in [0.2, 0.25) is 0 Å². The molecule has 124 valence electrons. The average Bonchev–Trinajstić information content (AvgIpc) is 3.45. The molecule has 2 aliphatic rings. The van der Waals surface area contributed by atoms with Crippen LogP contribution in [0.1, 0.15) is 0 Å². The number of pyridine rings is 1. The number of nitrogens with one attached hydrogen (secondary N) is 1. The van der Waals surface area contributed by atoms with E-state index < -0.39 is 0 Å². The average molecular weight is 385 g/mol. The first-order valence-electron chi connectivity index (χ1n) is 7.69. The third-order valence-corrected chi connectivity index (χ3v) is 4.50. The van der Waals surface area contributed by atoms with Crippen molar-refractivity contribution in [3.63, 3.8) is 0 Å². The predicted molar refractivity (Wildman–Crippen MR) is 102 cm³/mol. The van der Waals surface area contributed by atoms with Gasteiger partial charge in [0.1, 0.15) is 0 Å². The quantitative estimate of drug-likeness (QED) is 0.413. The Kier molecular flexibility index (Phi) is 5.61. The summed E-state index contributed by atoms with van der Waals surface area (Å²) in [5.41, 5.74) is 3.04. The molecule has 5 heteroatoms. The van der Waals surface area contributed by atoms with Gasteiger partial charge in [0.15, 0.2) is 0 Å². The van der Waals surface area contributed by atoms with Gasteiger partial charge < -0.3 is 15.6 Å². The third-order valence-electron chi connectivity index (χ3n) is 3.61. The number of nitrogens with zero attached hydrogens (tertiary/aromatic N) is 2. The van der Waals surface area contributed by atoms with E-state index in [9.17, 15) is 0 Å². The summed E-state index contributed by atoms with van der Waals surface area (Å²) in [4.78, 5) is 5.78. The Bertz CT molecular complexity index is 875. The fraction of sp³-hybridized carbons (Fsp3) is 0. The second-order valence-electron chi connectivity index (χ2n) is 5.27. The van der Waals surface area contributed by atoms with Crippen LogP contribution in [0.3, 0.4) is 0 Å². The molecule has 0 unspecified atom stereocenters. The number of rotatable bonds is 1. The monoisotopic (exact) mass is 385 g/mol. The van der Waals surface area contributed by atoms with E-state index in [0.717, 1.165) is 28.6 Å². The Morgan fingerprint density at radius 3 is 2.44 bits per heavy atom. The van der Waals surface area contributed by atoms with Crippen molar-refractivity contribution in [1.82, 2.24) is 4.98 Å². The second kappa shape index (κ2) is 8.08. The molecule has 3 heterocycles. The molecule has 0 spiro atoms. The van der Waals surface area contributed by atoms with Gasteiger partial charge in [-0.1, -0.05) is 42.5 Å². The molecule has 0 saturated heterocycles. The van der Waals surface area contributed by atoms with Crippen molar-refractivity contribution < 1.29 is 17.1 Å². The first-order chi connectivity index (χ1) is 11.9. The van der Waals surface area contributed by atoms with Gasteiger partial charge in [0.2, 0.25) is 0 Å². The summed E-state index contributed by atoms with van der Waals surface area (Å²) in [5, 5.41) is 9.92. The van der Waals surface area contributed by atoms with Crippen LogP contribution in [0.15, 0.2) is 95.7 Å². The molecule has 0 atom stereocenters. The van der Waals surface area contributed by atoms with Crippen LogP contribution in [0.4, 0.5) is 11.5 Å². The van der Waals surface area contributed by atoms with Gasteiger partial charge in [0.25, 0.3) is 0 Å². The summed E-state index contributed by atoms with van der Waals surface area (Å²) in [7, 11) is 0. The predicted octanol–water partition coefficient (Wildman–Crippen LogP) is 5.98. The van der Waals surface area contributed by atoms with E-state index in [0.29, 0.717) is 0 Å². The maximum absolute atomic E-state index is 4.62. The molecular formula is C20H15FeN3S. The topological polar surface area (TPSA) is 39.0 Å². The normalized spacial score (nSPS) is 13.4. The van der Waals surface area contributed by atoms with Crippen molar-refractivity contribution in [2.75, 3.05) is 5.32 Å². The minimum atomic E-state index is 0. The smallest absolute Gasteiger partial charge is 0.413 e. The summed E-state index contributed by atoms with van der Waals surface area (Å²) in [6, 6.07) is 18.2. The molecule has 1 aliphatic carbocycles. The summed E-state index contributed by atoms with van der Waals surface area (Å²) < 4.78 is 0. The van der Waals surface area contributed by atoms with Crippen LogP contribution >= 0.6 is 11.3 Å². The zero-order chi connectivity index (χ0) is 16.2. The SMILES string of the molecule is C1=CC(=C2[N-]c3nc(-c4cccs4)ccc3N2)C=C1.[Fe+2].c1cc[cH-]c1. The fourth-order valence-electron chi connectivity index (χ4n) is 2.44. The summed E-state index contributed by atoms with van der Waals surface area (Å²) in [6.45, 7) is 0. The number of allylic oxidation sites excluding steroid dienone is 5. The van der Waals surface area contributed by atoms with Gasteiger partial charge >= 0.3 is 17.1 Å². The molecule has 25 heavy (non-hydrogen) atoms. The molecule has 0 saturated carbocycles. The molecule has 5 rings (SSSR count). The van der Waals surface area contributed by atoms with Crippen LogP contribution in [-0.2, 0) is 17.1 Å². The van der Waals surface area contributed by atoms with E-state index in [4.69, 9.17) is 0 Å². The Labute approximate surface area is 161 Å². The summed E-state index contributed by atoms with van der Waals surface area (Å²) in [5.74, 6) is 1.64. The zero-order valence-electron chi connectivity index (χ0n) is 13.2. The number of anilines is 1. The summed E-state index contributed by atoms with van der Waals surface area (Å²) >= 11 is 1.69. The maximum atomic E-state index is 4.62. The molecule has 1 aliphatic heterocycles. The van der Waals surface area contributed by atoms with Crippen LogP contribution in [-0.4, -0.2) is 4.98 Å². The van der Waals surface area contributed by atoms with Gasteiger partial charge in [0.05, 0.1) is 0 Å². The van der Waals surface area contributed by atoms with Gasteiger partial charge in [-0.15, -0.1) is 11.3 Å². The maximum Gasteiger partial charge on any atom is 2.00 e. The fourth-order valence-corrected chi connectivity index (χ4v) is 3.14. The Morgan fingerprint density at radius 2 is 1.80 bits per heavy atom. The molecule has 1 aromatic carbocycles. The molecule has 1 N–H and O–H groups in total. The van der Waals surface area contributed by atoms with Crippen molar-refractivity contribution in [3.8, 4) is 10.6 Å². The van der Waals surface area contributed by atoms with Crippen molar-refractivity contribution >= 4 is 22.8 Å². The Balaban J connectivity index is 0.000000264. The molecule has 0 fully saturated rings. The molecular weight excluding hydrogens is 370 g/mol. The van der Waals surface area contributed by atoms with E-state index in [-0.39, 0.29) is 17.1 Å². The first kappa shape index (κ1) is 17.4. The standard InChI is InChI=1S/C15H10N3S.C5H5.Fe/c1-2-5-10(4-1)14-17-12-8-7-11(16-15(12)18-14)13-6-3-9-19-13;1-2-4-5-3-1;/h1-9,17H;1-5H;/q2*-1;+2. The van der Waals surface area contributed by atoms with Gasteiger partial charge in [-0.05, 0) is 22.7 Å². The van der Waals surface area contributed by atoms with Crippen molar-refractivity contribution in [2.45, 2.75) is 0 Å². The number of aromatic nitrogens is 1. The van der Waals surface area contributed by atoms with E-state index in [1.54, 1.807) is 11.3 Å². The molecule has 0 bridgehead atoms. The van der Waals surface area contributed by atoms with E-state index in [1.807, 2.05) is 72.8 Å². The molecule has 0 amide bonds.